The molecule has 80 valence electrons. The molecule has 0 bridgehead atoms. The molecule has 1 rings (SSSR count). The molecule has 0 aromatic heterocycles. The maximum atomic E-state index is 2.12. The Morgan fingerprint density at radius 2 is 1.43 bits per heavy atom. The lowest BCUT2D eigenvalue weighted by molar-refractivity contribution is 1.44. The van der Waals surface area contributed by atoms with Crippen LogP contribution in [0.3, 0.4) is 0 Å². The van der Waals surface area contributed by atoms with Gasteiger partial charge in [0.2, 0.25) is 0 Å². The number of allylic oxidation sites excluding steroid dienone is 1. The largest absolute Gasteiger partial charge is 0.0871 e. The number of rotatable bonds is 1. The molecule has 1 aromatic carbocycles. The molecular weight excluding hydrogens is 168 g/mol. The highest BCUT2D eigenvalue weighted by atomic mass is 13.9. The summed E-state index contributed by atoms with van der Waals surface area (Å²) in [6, 6.07) is 8.36. The monoisotopic (exact) mass is 192 g/mol. The van der Waals surface area contributed by atoms with Crippen molar-refractivity contribution in [2.45, 2.75) is 41.5 Å². The van der Waals surface area contributed by atoms with E-state index in [1.807, 2.05) is 34.6 Å². The molecule has 0 spiro atoms. The van der Waals surface area contributed by atoms with Crippen molar-refractivity contribution in [3.05, 3.63) is 41.5 Å². The molecule has 0 heteroatoms. The molecule has 0 atom stereocenters. The molecule has 1 aromatic rings. The molecule has 0 aliphatic rings. The average Bonchev–Trinajstić information content (AvgIpc) is 2.28. The lowest BCUT2D eigenvalue weighted by Gasteiger charge is -1.96. The molecule has 0 nitrogen and oxygen atoms in total. The molecular formula is C14H24. The Balaban J connectivity index is 0. The first-order valence-electron chi connectivity index (χ1n) is 5.53. The highest BCUT2D eigenvalue weighted by molar-refractivity contribution is 5.52. The zero-order valence-corrected chi connectivity index (χ0v) is 10.5. The van der Waals surface area contributed by atoms with Crippen molar-refractivity contribution < 1.29 is 0 Å². The summed E-state index contributed by atoms with van der Waals surface area (Å²) in [6.45, 7) is 12.2. The SMILES string of the molecule is C/C=C/c1ccccc1C.CC.CC. The first-order valence-corrected chi connectivity index (χ1v) is 5.53. The predicted octanol–water partition coefficient (Wildman–Crippen LogP) is 5.08. The van der Waals surface area contributed by atoms with Crippen molar-refractivity contribution in [2.24, 2.45) is 0 Å². The minimum absolute atomic E-state index is 1.31. The summed E-state index contributed by atoms with van der Waals surface area (Å²) < 4.78 is 0. The van der Waals surface area contributed by atoms with Crippen LogP contribution < -0.4 is 0 Å². The molecule has 0 unspecified atom stereocenters. The van der Waals surface area contributed by atoms with Crippen LogP contribution >= 0.6 is 0 Å². The highest BCUT2D eigenvalue weighted by Gasteiger charge is 1.87. The summed E-state index contributed by atoms with van der Waals surface area (Å²) in [7, 11) is 0. The fourth-order valence-corrected chi connectivity index (χ4v) is 0.953. The third-order valence-corrected chi connectivity index (χ3v) is 1.53. The smallest absolute Gasteiger partial charge is 0.0231 e. The minimum atomic E-state index is 1.31. The summed E-state index contributed by atoms with van der Waals surface area (Å²) in [6.07, 6.45) is 4.18. The third kappa shape index (κ3) is 6.47. The van der Waals surface area contributed by atoms with Gasteiger partial charge in [-0.05, 0) is 25.0 Å². The van der Waals surface area contributed by atoms with Crippen LogP contribution in [0.1, 0.15) is 45.7 Å². The van der Waals surface area contributed by atoms with E-state index in [0.29, 0.717) is 0 Å². The zero-order chi connectivity index (χ0) is 11.4. The third-order valence-electron chi connectivity index (χ3n) is 1.53. The summed E-state index contributed by atoms with van der Waals surface area (Å²) in [5.41, 5.74) is 2.64. The molecule has 0 amide bonds. The molecule has 0 N–H and O–H groups in total. The Labute approximate surface area is 89.7 Å². The van der Waals surface area contributed by atoms with Crippen LogP contribution in [0.5, 0.6) is 0 Å². The average molecular weight is 192 g/mol. The number of hydrogen-bond acceptors (Lipinski definition) is 0. The molecule has 14 heavy (non-hydrogen) atoms. The van der Waals surface area contributed by atoms with E-state index in [9.17, 15) is 0 Å². The molecule has 0 saturated carbocycles. The number of hydrogen-bond donors (Lipinski definition) is 0. The summed E-state index contributed by atoms with van der Waals surface area (Å²) in [4.78, 5) is 0. The van der Waals surface area contributed by atoms with Crippen LogP contribution in [0.4, 0.5) is 0 Å². The van der Waals surface area contributed by atoms with Gasteiger partial charge < -0.3 is 0 Å². The van der Waals surface area contributed by atoms with Gasteiger partial charge in [-0.1, -0.05) is 64.1 Å². The molecule has 0 fully saturated rings. The maximum absolute atomic E-state index is 2.12. The number of benzene rings is 1. The Kier molecular flexibility index (Phi) is 13.2. The van der Waals surface area contributed by atoms with Gasteiger partial charge in [-0.15, -0.1) is 0 Å². The molecule has 0 radical (unpaired) electrons. The van der Waals surface area contributed by atoms with E-state index in [4.69, 9.17) is 0 Å². The minimum Gasteiger partial charge on any atom is -0.0871 e. The van der Waals surface area contributed by atoms with E-state index in [0.717, 1.165) is 0 Å². The van der Waals surface area contributed by atoms with Crippen molar-refractivity contribution in [1.82, 2.24) is 0 Å². The van der Waals surface area contributed by atoms with Crippen LogP contribution in [-0.2, 0) is 0 Å². The van der Waals surface area contributed by atoms with Gasteiger partial charge in [-0.2, -0.15) is 0 Å². The van der Waals surface area contributed by atoms with E-state index in [1.165, 1.54) is 11.1 Å². The van der Waals surface area contributed by atoms with Gasteiger partial charge in [-0.3, -0.25) is 0 Å². The Hall–Kier alpha value is -1.04. The van der Waals surface area contributed by atoms with E-state index < -0.39 is 0 Å². The van der Waals surface area contributed by atoms with Crippen LogP contribution in [0, 0.1) is 6.92 Å². The topological polar surface area (TPSA) is 0 Å². The Morgan fingerprint density at radius 1 is 0.929 bits per heavy atom. The molecule has 0 saturated heterocycles. The van der Waals surface area contributed by atoms with E-state index >= 15 is 0 Å². The lowest BCUT2D eigenvalue weighted by atomic mass is 10.1. The Bertz CT molecular complexity index is 234. The second-order valence-corrected chi connectivity index (χ2v) is 2.36. The van der Waals surface area contributed by atoms with Gasteiger partial charge in [0.1, 0.15) is 0 Å². The van der Waals surface area contributed by atoms with Crippen LogP contribution in [0.25, 0.3) is 6.08 Å². The van der Waals surface area contributed by atoms with Crippen LogP contribution in [0.15, 0.2) is 30.3 Å². The summed E-state index contributed by atoms with van der Waals surface area (Å²) >= 11 is 0. The van der Waals surface area contributed by atoms with Gasteiger partial charge in [0.15, 0.2) is 0 Å². The number of aryl methyl sites for hydroxylation is 1. The molecule has 0 heterocycles. The van der Waals surface area contributed by atoms with Gasteiger partial charge in [0, 0.05) is 0 Å². The summed E-state index contributed by atoms with van der Waals surface area (Å²) in [5.74, 6) is 0. The van der Waals surface area contributed by atoms with Crippen molar-refractivity contribution in [2.75, 3.05) is 0 Å². The Morgan fingerprint density at radius 3 is 1.86 bits per heavy atom. The van der Waals surface area contributed by atoms with Gasteiger partial charge in [0.25, 0.3) is 0 Å². The van der Waals surface area contributed by atoms with Crippen LogP contribution in [-0.4, -0.2) is 0 Å². The highest BCUT2D eigenvalue weighted by Crippen LogP contribution is 2.07. The normalized spacial score (nSPS) is 8.43. The standard InChI is InChI=1S/C10H12.2C2H6/c1-3-6-10-8-5-4-7-9(10)2;2*1-2/h3-8H,1-2H3;2*1-2H3/b6-3+;;. The van der Waals surface area contributed by atoms with Gasteiger partial charge >= 0.3 is 0 Å². The van der Waals surface area contributed by atoms with Crippen molar-refractivity contribution in [3.8, 4) is 0 Å². The second-order valence-electron chi connectivity index (χ2n) is 2.36. The van der Waals surface area contributed by atoms with E-state index in [1.54, 1.807) is 0 Å². The van der Waals surface area contributed by atoms with Crippen molar-refractivity contribution in [3.63, 3.8) is 0 Å². The lowest BCUT2D eigenvalue weighted by Crippen LogP contribution is -1.76. The van der Waals surface area contributed by atoms with E-state index in [2.05, 4.69) is 43.3 Å². The van der Waals surface area contributed by atoms with Crippen LogP contribution in [0.2, 0.25) is 0 Å². The zero-order valence-electron chi connectivity index (χ0n) is 10.5. The summed E-state index contributed by atoms with van der Waals surface area (Å²) in [5, 5.41) is 0. The van der Waals surface area contributed by atoms with Crippen molar-refractivity contribution in [1.29, 1.82) is 0 Å². The second kappa shape index (κ2) is 12.0. The van der Waals surface area contributed by atoms with Gasteiger partial charge in [-0.25, -0.2) is 0 Å². The first kappa shape index (κ1) is 15.4. The van der Waals surface area contributed by atoms with E-state index in [-0.39, 0.29) is 0 Å². The van der Waals surface area contributed by atoms with Crippen molar-refractivity contribution >= 4 is 6.08 Å². The fourth-order valence-electron chi connectivity index (χ4n) is 0.953. The molecule has 0 aliphatic heterocycles. The maximum Gasteiger partial charge on any atom is -0.0231 e. The quantitative estimate of drug-likeness (QED) is 0.582. The predicted molar refractivity (Wildman–Crippen MR) is 68.6 cm³/mol. The first-order chi connectivity index (χ1) is 6.84. The fraction of sp³-hybridized carbons (Fsp3) is 0.429. The molecule has 0 aliphatic carbocycles. The van der Waals surface area contributed by atoms with Gasteiger partial charge in [0.05, 0.1) is 0 Å².